The maximum Gasteiger partial charge on any atom is 1.00 e. The number of hydrogen-bond donors (Lipinski definition) is 0. The smallest absolute Gasteiger partial charge is 0.471 e. The quantitative estimate of drug-likeness (QED) is 0.321. The van der Waals surface area contributed by atoms with E-state index in [-0.39, 0.29) is 51.4 Å². The van der Waals surface area contributed by atoms with Crippen LogP contribution in [0.1, 0.15) is 0 Å². The Morgan fingerprint density at radius 2 is 1.63 bits per heavy atom. The molecule has 0 N–H and O–H groups in total. The Morgan fingerprint density at radius 1 is 1.05 bits per heavy atom. The van der Waals surface area contributed by atoms with E-state index in [0.717, 1.165) is 18.2 Å². The molecule has 0 atom stereocenters. The molecule has 0 aromatic heterocycles. The second kappa shape index (κ2) is 7.89. The van der Waals surface area contributed by atoms with E-state index < -0.39 is 37.8 Å². The minimum Gasteiger partial charge on any atom is -0.471 e. The topological polar surface area (TPSA) is 18.5 Å². The molecule has 0 radical (unpaired) electrons. The Balaban J connectivity index is 0.00000324. The van der Waals surface area contributed by atoms with Gasteiger partial charge in [-0.25, -0.2) is 0 Å². The average Bonchev–Trinajstić information content (AvgIpc) is 2.22. The third-order valence-electron chi connectivity index (χ3n) is 1.84. The van der Waals surface area contributed by atoms with Crippen molar-refractivity contribution in [3.8, 4) is 5.75 Å². The predicted octanol–water partition coefficient (Wildman–Crippen LogP) is -0.340. The van der Waals surface area contributed by atoms with Crippen molar-refractivity contribution in [1.82, 2.24) is 0 Å². The van der Waals surface area contributed by atoms with Crippen molar-refractivity contribution in [3.05, 3.63) is 24.3 Å². The van der Waals surface area contributed by atoms with Gasteiger partial charge in [-0.2, -0.15) is 13.2 Å². The van der Waals surface area contributed by atoms with E-state index in [1.807, 2.05) is 0 Å². The Bertz CT molecular complexity index is 395. The molecule has 0 aliphatic rings. The second-order valence-electron chi connectivity index (χ2n) is 3.34. The van der Waals surface area contributed by atoms with Gasteiger partial charge in [0.15, 0.2) is 6.79 Å². The zero-order valence-corrected chi connectivity index (χ0v) is 13.0. The Kier molecular flexibility index (Phi) is 8.00. The van der Waals surface area contributed by atoms with Crippen molar-refractivity contribution in [2.75, 3.05) is 13.4 Å². The molecule has 0 saturated heterocycles. The summed E-state index contributed by atoms with van der Waals surface area (Å²) in [6, 6.07) is 4.25. The molecule has 0 saturated carbocycles. The van der Waals surface area contributed by atoms with Crippen LogP contribution in [-0.2, 0) is 4.74 Å². The molecule has 0 unspecified atom stereocenters. The third kappa shape index (κ3) is 7.57. The zero-order valence-electron chi connectivity index (χ0n) is 9.89. The zero-order chi connectivity index (χ0) is 13.8. The summed E-state index contributed by atoms with van der Waals surface area (Å²) in [5.74, 6) is -0.549. The molecule has 0 aliphatic carbocycles. The van der Waals surface area contributed by atoms with E-state index >= 15 is 0 Å². The molecule has 0 amide bonds. The van der Waals surface area contributed by atoms with Crippen molar-refractivity contribution in [1.29, 1.82) is 0 Å². The van der Waals surface area contributed by atoms with Crippen LogP contribution in [0.15, 0.2) is 24.3 Å². The van der Waals surface area contributed by atoms with Gasteiger partial charge in [0.2, 0.25) is 0 Å². The molecule has 0 heterocycles. The van der Waals surface area contributed by atoms with E-state index in [9.17, 15) is 26.1 Å². The maximum absolute atomic E-state index is 12.5. The first-order valence-corrected chi connectivity index (χ1v) is 4.76. The molecule has 2 nitrogen and oxygen atoms in total. The van der Waals surface area contributed by atoms with Gasteiger partial charge in [0.1, 0.15) is 6.61 Å². The van der Waals surface area contributed by atoms with E-state index in [1.54, 1.807) is 0 Å². The second-order valence-corrected chi connectivity index (χ2v) is 3.34. The fourth-order valence-electron chi connectivity index (χ4n) is 1.14. The number of halogens is 6. The molecule has 10 heteroatoms. The Hall–Kier alpha value is 0.261. The Morgan fingerprint density at radius 3 is 2.16 bits per heavy atom. The Labute approximate surface area is 147 Å². The first-order valence-electron chi connectivity index (χ1n) is 4.76. The van der Waals surface area contributed by atoms with E-state index in [0.29, 0.717) is 0 Å². The minimum absolute atomic E-state index is 0. The molecule has 0 bridgehead atoms. The van der Waals surface area contributed by atoms with Crippen LogP contribution in [0.25, 0.3) is 0 Å². The number of benzene rings is 1. The third-order valence-corrected chi connectivity index (χ3v) is 1.84. The molecule has 0 fully saturated rings. The van der Waals surface area contributed by atoms with Gasteiger partial charge in [-0.05, 0) is 6.07 Å². The summed E-state index contributed by atoms with van der Waals surface area (Å²) in [7, 11) is 0. The first kappa shape index (κ1) is 19.3. The van der Waals surface area contributed by atoms with Crippen LogP contribution in [0.2, 0.25) is 0 Å². The van der Waals surface area contributed by atoms with Crippen LogP contribution in [-0.4, -0.2) is 26.6 Å². The molecule has 102 valence electrons. The molecular weight excluding hydrogens is 304 g/mol. The van der Waals surface area contributed by atoms with Gasteiger partial charge in [0, 0.05) is 0 Å². The van der Waals surface area contributed by atoms with Crippen LogP contribution in [0.3, 0.4) is 0 Å². The van der Waals surface area contributed by atoms with Crippen LogP contribution < -0.4 is 61.6 Å². The van der Waals surface area contributed by atoms with E-state index in [1.165, 1.54) is 6.07 Å². The van der Waals surface area contributed by atoms with Crippen molar-refractivity contribution in [3.63, 3.8) is 0 Å². The number of hydrogen-bond acceptors (Lipinski definition) is 2. The number of ether oxygens (including phenoxy) is 2. The fourth-order valence-corrected chi connectivity index (χ4v) is 1.14. The molecule has 0 spiro atoms. The number of para-hydroxylation sites is 1. The summed E-state index contributed by atoms with van der Waals surface area (Å²) in [5, 5.41) is 0. The summed E-state index contributed by atoms with van der Waals surface area (Å²) in [6.07, 6.45) is -4.54. The molecule has 1 aromatic rings. The van der Waals surface area contributed by atoms with Gasteiger partial charge in [0.05, 0.1) is 5.75 Å². The normalized spacial score (nSPS) is 11.9. The van der Waals surface area contributed by atoms with Gasteiger partial charge in [-0.1, -0.05) is 23.7 Å². The summed E-state index contributed by atoms with van der Waals surface area (Å²) < 4.78 is 81.2. The molecule has 19 heavy (non-hydrogen) atoms. The molecule has 0 aliphatic heterocycles. The van der Waals surface area contributed by atoms with Crippen molar-refractivity contribution >= 4 is 12.4 Å². The molecular formula is C9H8BF6KO2. The van der Waals surface area contributed by atoms with Crippen LogP contribution in [0, 0.1) is 0 Å². The fraction of sp³-hybridized carbons (Fsp3) is 0.333. The van der Waals surface area contributed by atoms with E-state index in [4.69, 9.17) is 0 Å². The van der Waals surface area contributed by atoms with Gasteiger partial charge in [0.25, 0.3) is 0 Å². The summed E-state index contributed by atoms with van der Waals surface area (Å²) in [5.41, 5.74) is -1.01. The summed E-state index contributed by atoms with van der Waals surface area (Å²) in [4.78, 5) is 0. The minimum atomic E-state index is -5.29. The van der Waals surface area contributed by atoms with Gasteiger partial charge < -0.3 is 22.4 Å². The largest absolute Gasteiger partial charge is 1.00 e. The van der Waals surface area contributed by atoms with Crippen molar-refractivity contribution < 1.29 is 87.0 Å². The predicted molar refractivity (Wildman–Crippen MR) is 52.7 cm³/mol. The van der Waals surface area contributed by atoms with Crippen LogP contribution >= 0.6 is 0 Å². The van der Waals surface area contributed by atoms with Crippen molar-refractivity contribution in [2.24, 2.45) is 0 Å². The molecule has 1 aromatic carbocycles. The first-order chi connectivity index (χ1) is 8.20. The van der Waals surface area contributed by atoms with Gasteiger partial charge >= 0.3 is 64.5 Å². The average molecular weight is 312 g/mol. The summed E-state index contributed by atoms with van der Waals surface area (Å²) >= 11 is 0. The SMILES string of the molecule is F[B-](F)(F)c1ccccc1OCOCC(F)(F)F.[K+]. The van der Waals surface area contributed by atoms with Crippen molar-refractivity contribution in [2.45, 2.75) is 6.18 Å². The number of rotatable bonds is 5. The van der Waals surface area contributed by atoms with Crippen LogP contribution in [0.5, 0.6) is 5.75 Å². The monoisotopic (exact) mass is 312 g/mol. The summed E-state index contributed by atoms with van der Waals surface area (Å²) in [6.45, 7) is -7.76. The van der Waals surface area contributed by atoms with E-state index in [2.05, 4.69) is 9.47 Å². The maximum atomic E-state index is 12.5. The standard InChI is InChI=1S/C9H8BF6O2.K/c11-9(12,13)5-17-6-18-8-4-2-1-3-7(8)10(14,15)16;/h1-4H,5-6H2;/q-1;+1. The van der Waals surface area contributed by atoms with Gasteiger partial charge in [-0.15, -0.1) is 0 Å². The molecule has 1 rings (SSSR count). The number of alkyl halides is 3. The van der Waals surface area contributed by atoms with Gasteiger partial charge in [-0.3, -0.25) is 0 Å². The van der Waals surface area contributed by atoms with Crippen LogP contribution in [0.4, 0.5) is 26.1 Å².